The Morgan fingerprint density at radius 1 is 0.962 bits per heavy atom. The van der Waals surface area contributed by atoms with E-state index in [1.807, 2.05) is 12.1 Å². The van der Waals surface area contributed by atoms with Gasteiger partial charge >= 0.3 is 9.28 Å². The molecule has 26 heavy (non-hydrogen) atoms. The molecule has 0 atom stereocenters. The Morgan fingerprint density at radius 2 is 1.54 bits per heavy atom. The summed E-state index contributed by atoms with van der Waals surface area (Å²) in [5.41, 5.74) is 1.42. The molecule has 0 aromatic heterocycles. The van der Waals surface area contributed by atoms with E-state index in [1.54, 1.807) is 0 Å². The Bertz CT molecular complexity index is 488. The van der Waals surface area contributed by atoms with E-state index in [1.165, 1.54) is 18.4 Å². The summed E-state index contributed by atoms with van der Waals surface area (Å²) in [4.78, 5) is 0. The molecule has 0 bridgehead atoms. The summed E-state index contributed by atoms with van der Waals surface area (Å²) in [5.74, 6) is 0.655. The van der Waals surface area contributed by atoms with Crippen molar-refractivity contribution in [2.45, 2.75) is 90.1 Å². The third kappa shape index (κ3) is 8.09. The lowest BCUT2D eigenvalue weighted by Crippen LogP contribution is -2.30. The molecule has 0 aliphatic heterocycles. The summed E-state index contributed by atoms with van der Waals surface area (Å²) in [6.07, 6.45) is 6.65. The van der Waals surface area contributed by atoms with Gasteiger partial charge in [-0.3, -0.25) is 0 Å². The molecule has 0 unspecified atom stereocenters. The van der Waals surface area contributed by atoms with Crippen LogP contribution in [0.2, 0.25) is 11.1 Å². The van der Waals surface area contributed by atoms with E-state index in [9.17, 15) is 0 Å². The summed E-state index contributed by atoms with van der Waals surface area (Å²) in [5, 5.41) is 0.815. The normalized spacial score (nSPS) is 21.1. The highest BCUT2D eigenvalue weighted by Gasteiger charge is 2.23. The van der Waals surface area contributed by atoms with Gasteiger partial charge in [0.1, 0.15) is 0 Å². The van der Waals surface area contributed by atoms with E-state index < -0.39 is 9.28 Å². The number of ether oxygens (including phenoxy) is 1. The van der Waals surface area contributed by atoms with Crippen molar-refractivity contribution < 1.29 is 13.6 Å². The molecular weight excluding hydrogens is 364 g/mol. The zero-order valence-electron chi connectivity index (χ0n) is 16.7. The van der Waals surface area contributed by atoms with E-state index in [-0.39, 0.29) is 12.2 Å². The molecular formula is C21H35ClO3Si. The van der Waals surface area contributed by atoms with E-state index in [4.69, 9.17) is 25.2 Å². The minimum Gasteiger partial charge on any atom is -0.394 e. The van der Waals surface area contributed by atoms with Crippen LogP contribution in [0.25, 0.3) is 0 Å². The maximum Gasteiger partial charge on any atom is 0.321 e. The summed E-state index contributed by atoms with van der Waals surface area (Å²) in [7, 11) is -1.57. The maximum atomic E-state index is 6.14. The van der Waals surface area contributed by atoms with Gasteiger partial charge in [0.25, 0.3) is 0 Å². The first kappa shape index (κ1) is 21.9. The number of halogens is 1. The van der Waals surface area contributed by atoms with E-state index >= 15 is 0 Å². The largest absolute Gasteiger partial charge is 0.394 e. The van der Waals surface area contributed by atoms with Gasteiger partial charge in [-0.25, -0.2) is 0 Å². The molecule has 0 N–H and O–H groups in total. The van der Waals surface area contributed by atoms with Gasteiger partial charge in [-0.15, -0.1) is 0 Å². The highest BCUT2D eigenvalue weighted by Crippen LogP contribution is 2.34. The molecule has 148 valence electrons. The zero-order valence-corrected chi connectivity index (χ0v) is 18.7. The van der Waals surface area contributed by atoms with Gasteiger partial charge in [0, 0.05) is 23.8 Å². The zero-order chi connectivity index (χ0) is 18.9. The summed E-state index contributed by atoms with van der Waals surface area (Å²) in [6.45, 7) is 9.15. The monoisotopic (exact) mass is 398 g/mol. The van der Waals surface area contributed by atoms with Gasteiger partial charge in [0.15, 0.2) is 0 Å². The first-order chi connectivity index (χ1) is 12.4. The quantitative estimate of drug-likeness (QED) is 0.365. The summed E-state index contributed by atoms with van der Waals surface area (Å²) in [6, 6.07) is 9.36. The van der Waals surface area contributed by atoms with Crippen LogP contribution in [0.4, 0.5) is 0 Å². The third-order valence-corrected chi connectivity index (χ3v) is 7.63. The molecule has 1 aliphatic carbocycles. The van der Waals surface area contributed by atoms with Gasteiger partial charge in [0.2, 0.25) is 0 Å². The molecule has 1 saturated carbocycles. The van der Waals surface area contributed by atoms with Crippen molar-refractivity contribution in [3.8, 4) is 0 Å². The minimum atomic E-state index is -1.57. The third-order valence-electron chi connectivity index (χ3n) is 4.80. The molecule has 1 fully saturated rings. The first-order valence-corrected chi connectivity index (χ1v) is 12.3. The number of benzene rings is 1. The van der Waals surface area contributed by atoms with Crippen molar-refractivity contribution in [2.75, 3.05) is 6.61 Å². The molecule has 0 amide bonds. The van der Waals surface area contributed by atoms with E-state index in [0.717, 1.165) is 36.9 Å². The molecule has 1 aromatic carbocycles. The van der Waals surface area contributed by atoms with Crippen molar-refractivity contribution >= 4 is 20.9 Å². The fraction of sp³-hybridized carbons (Fsp3) is 0.714. The van der Waals surface area contributed by atoms with E-state index in [2.05, 4.69) is 39.8 Å². The van der Waals surface area contributed by atoms with Gasteiger partial charge in [-0.05, 0) is 89.5 Å². The lowest BCUT2D eigenvalue weighted by molar-refractivity contribution is 0.0237. The number of hydrogen-bond acceptors (Lipinski definition) is 3. The van der Waals surface area contributed by atoms with Crippen LogP contribution in [0.3, 0.4) is 0 Å². The first-order valence-electron chi connectivity index (χ1n) is 10.1. The highest BCUT2D eigenvalue weighted by atomic mass is 35.5. The Labute approximate surface area is 166 Å². The summed E-state index contributed by atoms with van der Waals surface area (Å²) < 4.78 is 18.1. The van der Waals surface area contributed by atoms with Crippen molar-refractivity contribution in [1.82, 2.24) is 0 Å². The standard InChI is InChI=1S/C21H35ClO3Si/c1-16(2)24-26(25-17(3)4)15-5-14-23-21-12-8-19(9-13-21)18-6-10-20(22)11-7-18/h6-7,10-11,16-17,19,21,26H,5,8-9,12-15H2,1-4H3. The molecule has 0 spiro atoms. The molecule has 1 aliphatic rings. The van der Waals surface area contributed by atoms with Crippen LogP contribution < -0.4 is 0 Å². The topological polar surface area (TPSA) is 27.7 Å². The molecule has 0 saturated heterocycles. The fourth-order valence-electron chi connectivity index (χ4n) is 3.57. The molecule has 3 nitrogen and oxygen atoms in total. The molecule has 2 rings (SSSR count). The SMILES string of the molecule is CC(C)O[SiH](CCCOC1CCC(c2ccc(Cl)cc2)CC1)OC(C)C. The second kappa shape index (κ2) is 11.5. The highest BCUT2D eigenvalue weighted by molar-refractivity contribution is 6.44. The van der Waals surface area contributed by atoms with Crippen molar-refractivity contribution in [3.63, 3.8) is 0 Å². The van der Waals surface area contributed by atoms with Crippen LogP contribution in [0, 0.1) is 0 Å². The van der Waals surface area contributed by atoms with Gasteiger partial charge in [0.05, 0.1) is 6.10 Å². The average Bonchev–Trinajstić information content (AvgIpc) is 2.59. The van der Waals surface area contributed by atoms with Crippen molar-refractivity contribution in [3.05, 3.63) is 34.9 Å². The van der Waals surface area contributed by atoms with E-state index in [0.29, 0.717) is 12.0 Å². The lowest BCUT2D eigenvalue weighted by atomic mass is 9.83. The van der Waals surface area contributed by atoms with Crippen molar-refractivity contribution in [1.29, 1.82) is 0 Å². The minimum absolute atomic E-state index is 0.245. The van der Waals surface area contributed by atoms with Crippen LogP contribution in [0.15, 0.2) is 24.3 Å². The van der Waals surface area contributed by atoms with Crippen LogP contribution in [0.5, 0.6) is 0 Å². The smallest absolute Gasteiger partial charge is 0.321 e. The van der Waals surface area contributed by atoms with Crippen LogP contribution in [0.1, 0.15) is 71.3 Å². The Kier molecular flexibility index (Phi) is 9.65. The fourth-order valence-corrected chi connectivity index (χ4v) is 5.75. The number of hydrogen-bond donors (Lipinski definition) is 0. The number of rotatable bonds is 10. The predicted molar refractivity (Wildman–Crippen MR) is 111 cm³/mol. The van der Waals surface area contributed by atoms with Gasteiger partial charge in [-0.2, -0.15) is 0 Å². The van der Waals surface area contributed by atoms with Crippen LogP contribution >= 0.6 is 11.6 Å². The average molecular weight is 399 g/mol. The second-order valence-corrected chi connectivity index (χ2v) is 10.3. The predicted octanol–water partition coefficient (Wildman–Crippen LogP) is 5.84. The summed E-state index contributed by atoms with van der Waals surface area (Å²) >= 11 is 5.99. The second-order valence-electron chi connectivity index (χ2n) is 7.84. The van der Waals surface area contributed by atoms with Crippen LogP contribution in [-0.2, 0) is 13.6 Å². The Hall–Kier alpha value is -0.393. The molecule has 5 heteroatoms. The molecule has 1 aromatic rings. The molecule has 0 heterocycles. The lowest BCUT2D eigenvalue weighted by Gasteiger charge is -2.29. The van der Waals surface area contributed by atoms with Crippen LogP contribution in [-0.4, -0.2) is 34.2 Å². The van der Waals surface area contributed by atoms with Gasteiger partial charge in [-0.1, -0.05) is 23.7 Å². The Balaban J connectivity index is 1.64. The maximum absolute atomic E-state index is 6.14. The van der Waals surface area contributed by atoms with Crippen molar-refractivity contribution in [2.24, 2.45) is 0 Å². The Morgan fingerprint density at radius 3 is 2.08 bits per heavy atom. The van der Waals surface area contributed by atoms with Gasteiger partial charge < -0.3 is 13.6 Å². The molecule has 0 radical (unpaired) electrons.